The maximum absolute atomic E-state index is 12.2. The van der Waals surface area contributed by atoms with Gasteiger partial charge in [-0.05, 0) is 70.9 Å². The maximum atomic E-state index is 12.2. The number of hydrogen-bond acceptors (Lipinski definition) is 4. The van der Waals surface area contributed by atoms with E-state index in [-0.39, 0.29) is 12.5 Å². The zero-order valence-corrected chi connectivity index (χ0v) is 20.1. The van der Waals surface area contributed by atoms with Gasteiger partial charge in [0.15, 0.2) is 18.1 Å². The molecule has 0 saturated carbocycles. The molecule has 0 aliphatic carbocycles. The molecular formula is C23H21BrCl2N2O3. The largest absolute Gasteiger partial charge is 0.493 e. The Morgan fingerprint density at radius 3 is 2.48 bits per heavy atom. The van der Waals surface area contributed by atoms with Gasteiger partial charge in [-0.25, -0.2) is 0 Å². The molecule has 2 N–H and O–H groups in total. The third-order valence-electron chi connectivity index (χ3n) is 4.39. The Kier molecular flexibility index (Phi) is 8.07. The van der Waals surface area contributed by atoms with E-state index < -0.39 is 0 Å². The lowest BCUT2D eigenvalue weighted by atomic mass is 10.2. The van der Waals surface area contributed by atoms with Gasteiger partial charge in [0.25, 0.3) is 5.91 Å². The average Bonchev–Trinajstić information content (AvgIpc) is 2.73. The number of halogens is 3. The smallest absolute Gasteiger partial charge is 0.262 e. The molecule has 0 aliphatic rings. The number of ether oxygens (including phenoxy) is 2. The molecule has 0 heterocycles. The van der Waals surface area contributed by atoms with Crippen molar-refractivity contribution in [3.8, 4) is 11.5 Å². The third kappa shape index (κ3) is 6.53. The van der Waals surface area contributed by atoms with Crippen molar-refractivity contribution < 1.29 is 14.3 Å². The number of aryl methyl sites for hydroxylation is 1. The summed E-state index contributed by atoms with van der Waals surface area (Å²) in [6.07, 6.45) is 0. The number of amides is 1. The molecule has 162 valence electrons. The average molecular weight is 524 g/mol. The van der Waals surface area contributed by atoms with Gasteiger partial charge in [-0.1, -0.05) is 40.9 Å². The fourth-order valence-corrected chi connectivity index (χ4v) is 3.90. The second-order valence-corrected chi connectivity index (χ2v) is 8.49. The van der Waals surface area contributed by atoms with Gasteiger partial charge in [-0.15, -0.1) is 0 Å². The van der Waals surface area contributed by atoms with Gasteiger partial charge in [0.2, 0.25) is 0 Å². The summed E-state index contributed by atoms with van der Waals surface area (Å²) in [6.45, 7) is 2.34. The quantitative estimate of drug-likeness (QED) is 0.344. The highest BCUT2D eigenvalue weighted by Crippen LogP contribution is 2.37. The van der Waals surface area contributed by atoms with Crippen molar-refractivity contribution in [2.45, 2.75) is 13.5 Å². The summed E-state index contributed by atoms with van der Waals surface area (Å²) in [6, 6.07) is 16.6. The van der Waals surface area contributed by atoms with Crippen LogP contribution in [-0.4, -0.2) is 19.6 Å². The predicted molar refractivity (Wildman–Crippen MR) is 130 cm³/mol. The van der Waals surface area contributed by atoms with E-state index in [1.807, 2.05) is 49.4 Å². The van der Waals surface area contributed by atoms with Crippen LogP contribution in [0.25, 0.3) is 0 Å². The van der Waals surface area contributed by atoms with Gasteiger partial charge in [0.1, 0.15) is 0 Å². The maximum Gasteiger partial charge on any atom is 0.262 e. The first-order chi connectivity index (χ1) is 14.9. The van der Waals surface area contributed by atoms with Crippen LogP contribution in [0.2, 0.25) is 10.0 Å². The molecule has 0 radical (unpaired) electrons. The number of anilines is 2. The van der Waals surface area contributed by atoms with Crippen LogP contribution in [0.1, 0.15) is 11.1 Å². The summed E-state index contributed by atoms with van der Waals surface area (Å²) in [5, 5.41) is 7.18. The van der Waals surface area contributed by atoms with Crippen LogP contribution in [0.15, 0.2) is 59.1 Å². The zero-order valence-electron chi connectivity index (χ0n) is 17.0. The molecule has 31 heavy (non-hydrogen) atoms. The molecule has 3 aromatic rings. The molecule has 0 aromatic heterocycles. The van der Waals surface area contributed by atoms with Crippen LogP contribution >= 0.6 is 39.1 Å². The topological polar surface area (TPSA) is 59.6 Å². The van der Waals surface area contributed by atoms with Gasteiger partial charge < -0.3 is 20.1 Å². The van der Waals surface area contributed by atoms with Crippen LogP contribution in [0.5, 0.6) is 11.5 Å². The van der Waals surface area contributed by atoms with E-state index >= 15 is 0 Å². The van der Waals surface area contributed by atoms with E-state index in [9.17, 15) is 4.79 Å². The number of carbonyl (C=O) groups is 1. The Morgan fingerprint density at radius 2 is 1.81 bits per heavy atom. The highest BCUT2D eigenvalue weighted by molar-refractivity contribution is 9.10. The van der Waals surface area contributed by atoms with Gasteiger partial charge >= 0.3 is 0 Å². The molecule has 0 saturated heterocycles. The number of rotatable bonds is 8. The summed E-state index contributed by atoms with van der Waals surface area (Å²) in [4.78, 5) is 12.2. The van der Waals surface area contributed by atoms with Crippen molar-refractivity contribution in [3.05, 3.63) is 80.2 Å². The SMILES string of the molecule is COc1cc(CNc2ccc(Cl)cc2Cl)cc(Br)c1OCC(=O)Nc1ccc(C)cc1. The molecule has 0 aliphatic heterocycles. The van der Waals surface area contributed by atoms with Crippen LogP contribution in [0.4, 0.5) is 11.4 Å². The number of benzene rings is 3. The lowest BCUT2D eigenvalue weighted by Crippen LogP contribution is -2.20. The van der Waals surface area contributed by atoms with E-state index in [4.69, 9.17) is 32.7 Å². The fraction of sp³-hybridized carbons (Fsp3) is 0.174. The molecule has 0 bridgehead atoms. The minimum atomic E-state index is -0.263. The van der Waals surface area contributed by atoms with Gasteiger partial charge in [-0.2, -0.15) is 0 Å². The van der Waals surface area contributed by atoms with Crippen molar-refractivity contribution >= 4 is 56.4 Å². The molecule has 0 spiro atoms. The molecular weight excluding hydrogens is 503 g/mol. The van der Waals surface area contributed by atoms with Crippen molar-refractivity contribution in [2.24, 2.45) is 0 Å². The van der Waals surface area contributed by atoms with Crippen molar-refractivity contribution in [2.75, 3.05) is 24.4 Å². The van der Waals surface area contributed by atoms with Crippen LogP contribution in [0, 0.1) is 6.92 Å². The number of nitrogens with one attached hydrogen (secondary N) is 2. The first-order valence-electron chi connectivity index (χ1n) is 9.40. The Balaban J connectivity index is 1.64. The summed E-state index contributed by atoms with van der Waals surface area (Å²) in [7, 11) is 1.55. The van der Waals surface area contributed by atoms with E-state index in [0.717, 1.165) is 16.8 Å². The fourth-order valence-electron chi connectivity index (χ4n) is 2.82. The molecule has 3 aromatic carbocycles. The van der Waals surface area contributed by atoms with E-state index in [0.29, 0.717) is 38.2 Å². The standard InChI is InChI=1S/C23H21BrCl2N2O3/c1-14-3-6-17(7-4-14)28-22(29)13-31-23-18(24)9-15(10-21(23)30-2)12-27-20-8-5-16(25)11-19(20)26/h3-11,27H,12-13H2,1-2H3,(H,28,29). The van der Waals surface area contributed by atoms with Gasteiger partial charge in [0, 0.05) is 17.3 Å². The highest BCUT2D eigenvalue weighted by Gasteiger charge is 2.14. The van der Waals surface area contributed by atoms with E-state index in [2.05, 4.69) is 26.6 Å². The second kappa shape index (κ2) is 10.8. The van der Waals surface area contributed by atoms with Crippen molar-refractivity contribution in [1.29, 1.82) is 0 Å². The van der Waals surface area contributed by atoms with E-state index in [1.165, 1.54) is 0 Å². The van der Waals surface area contributed by atoms with E-state index in [1.54, 1.807) is 19.2 Å². The monoisotopic (exact) mass is 522 g/mol. The Bertz CT molecular complexity index is 1080. The molecule has 0 unspecified atom stereocenters. The minimum absolute atomic E-state index is 0.152. The molecule has 8 heteroatoms. The van der Waals surface area contributed by atoms with Crippen LogP contribution in [0.3, 0.4) is 0 Å². The van der Waals surface area contributed by atoms with Crippen molar-refractivity contribution in [3.63, 3.8) is 0 Å². The van der Waals surface area contributed by atoms with Crippen LogP contribution < -0.4 is 20.1 Å². The lowest BCUT2D eigenvalue weighted by Gasteiger charge is -2.15. The molecule has 5 nitrogen and oxygen atoms in total. The van der Waals surface area contributed by atoms with Gasteiger partial charge in [0.05, 0.1) is 22.3 Å². The number of hydrogen-bond donors (Lipinski definition) is 2. The van der Waals surface area contributed by atoms with Crippen molar-refractivity contribution in [1.82, 2.24) is 0 Å². The summed E-state index contributed by atoms with van der Waals surface area (Å²) in [5.41, 5.74) is 3.55. The predicted octanol–water partition coefficient (Wildman–Crippen LogP) is 6.70. The number of carbonyl (C=O) groups excluding carboxylic acids is 1. The summed E-state index contributed by atoms with van der Waals surface area (Å²) >= 11 is 15.7. The third-order valence-corrected chi connectivity index (χ3v) is 5.52. The Morgan fingerprint density at radius 1 is 1.06 bits per heavy atom. The first-order valence-corrected chi connectivity index (χ1v) is 10.9. The van der Waals surface area contributed by atoms with Crippen LogP contribution in [-0.2, 0) is 11.3 Å². The Labute approximate surface area is 199 Å². The Hall–Kier alpha value is -2.41. The van der Waals surface area contributed by atoms with Gasteiger partial charge in [-0.3, -0.25) is 4.79 Å². The summed E-state index contributed by atoms with van der Waals surface area (Å²) < 4.78 is 11.9. The minimum Gasteiger partial charge on any atom is -0.493 e. The lowest BCUT2D eigenvalue weighted by molar-refractivity contribution is -0.118. The second-order valence-electron chi connectivity index (χ2n) is 6.79. The zero-order chi connectivity index (χ0) is 22.4. The molecule has 0 fully saturated rings. The number of methoxy groups -OCH3 is 1. The molecule has 1 amide bonds. The molecule has 0 atom stereocenters. The normalized spacial score (nSPS) is 10.5. The first kappa shape index (κ1) is 23.3. The molecule has 3 rings (SSSR count). The highest BCUT2D eigenvalue weighted by atomic mass is 79.9. The summed E-state index contributed by atoms with van der Waals surface area (Å²) in [5.74, 6) is 0.701.